The zero-order chi connectivity index (χ0) is 13.2. The second-order valence-corrected chi connectivity index (χ2v) is 5.30. The van der Waals surface area contributed by atoms with Crippen molar-refractivity contribution in [3.63, 3.8) is 0 Å². The van der Waals surface area contributed by atoms with Crippen molar-refractivity contribution in [2.75, 3.05) is 0 Å². The van der Waals surface area contributed by atoms with Gasteiger partial charge in [0.15, 0.2) is 6.29 Å². The lowest BCUT2D eigenvalue weighted by molar-refractivity contribution is -0.385. The van der Waals surface area contributed by atoms with E-state index in [-0.39, 0.29) is 6.29 Å². The Hall–Kier alpha value is -1.98. The van der Waals surface area contributed by atoms with Gasteiger partial charge in [0, 0.05) is 16.7 Å². The van der Waals surface area contributed by atoms with Gasteiger partial charge in [-0.2, -0.15) is 5.26 Å². The fourth-order valence-electron chi connectivity index (χ4n) is 1.21. The summed E-state index contributed by atoms with van der Waals surface area (Å²) in [6.45, 7) is 0. The van der Waals surface area contributed by atoms with Crippen LogP contribution in [0, 0.1) is 21.4 Å². The lowest BCUT2D eigenvalue weighted by Crippen LogP contribution is -2.05. The Kier molecular flexibility index (Phi) is 3.45. The van der Waals surface area contributed by atoms with Crippen LogP contribution in [0.5, 0.6) is 0 Å². The summed E-state index contributed by atoms with van der Waals surface area (Å²) in [5.41, 5.74) is -1.88. The fourth-order valence-corrected chi connectivity index (χ4v) is 2.50. The highest BCUT2D eigenvalue weighted by Crippen LogP contribution is 2.29. The summed E-state index contributed by atoms with van der Waals surface area (Å²) in [4.78, 5) is 19.5. The molecule has 7 nitrogen and oxygen atoms in total. The van der Waals surface area contributed by atoms with Crippen LogP contribution < -0.4 is 0 Å². The van der Waals surface area contributed by atoms with Crippen LogP contribution in [0.15, 0.2) is 17.0 Å². The van der Waals surface area contributed by atoms with Gasteiger partial charge < -0.3 is 0 Å². The molecular formula is C8H3ClN2O5S. The van der Waals surface area contributed by atoms with Crippen molar-refractivity contribution in [1.82, 2.24) is 0 Å². The molecule has 0 amide bonds. The van der Waals surface area contributed by atoms with Gasteiger partial charge in [0.05, 0.1) is 10.5 Å². The SMILES string of the molecule is N#Cc1ccc([N+](=O)[O-])c(C=O)c1S(=O)(=O)Cl. The standard InChI is InChI=1S/C8H3ClN2O5S/c9-17(15,16)8-5(3-10)1-2-7(11(13)14)6(8)4-12/h1-2,4H. The van der Waals surface area contributed by atoms with Crippen LogP contribution in [0.25, 0.3) is 0 Å². The molecule has 0 N–H and O–H groups in total. The molecular weight excluding hydrogens is 272 g/mol. The lowest BCUT2D eigenvalue weighted by Gasteiger charge is -2.03. The van der Waals surface area contributed by atoms with E-state index < -0.39 is 35.7 Å². The minimum Gasteiger partial charge on any atom is -0.298 e. The zero-order valence-electron chi connectivity index (χ0n) is 7.95. The number of halogens is 1. The second kappa shape index (κ2) is 4.48. The van der Waals surface area contributed by atoms with E-state index in [9.17, 15) is 23.3 Å². The molecule has 17 heavy (non-hydrogen) atoms. The van der Waals surface area contributed by atoms with Crippen molar-refractivity contribution >= 4 is 31.7 Å². The summed E-state index contributed by atoms with van der Waals surface area (Å²) in [6.07, 6.45) is -0.0196. The fraction of sp³-hybridized carbons (Fsp3) is 0. The van der Waals surface area contributed by atoms with Gasteiger partial charge in [0.1, 0.15) is 16.5 Å². The first-order valence-corrected chi connectivity index (χ1v) is 6.25. The Morgan fingerprint density at radius 1 is 1.47 bits per heavy atom. The summed E-state index contributed by atoms with van der Waals surface area (Å²) in [5.74, 6) is 0. The third-order valence-corrected chi connectivity index (χ3v) is 3.24. The van der Waals surface area contributed by atoms with Crippen molar-refractivity contribution in [1.29, 1.82) is 5.26 Å². The second-order valence-electron chi connectivity index (χ2n) is 2.80. The molecule has 0 aliphatic rings. The maximum absolute atomic E-state index is 11.2. The summed E-state index contributed by atoms with van der Waals surface area (Å²) in [7, 11) is 0.612. The number of carbonyl (C=O) groups is 1. The maximum atomic E-state index is 11.2. The number of hydrogen-bond acceptors (Lipinski definition) is 6. The van der Waals surface area contributed by atoms with E-state index in [1.807, 2.05) is 0 Å². The van der Waals surface area contributed by atoms with E-state index in [1.165, 1.54) is 6.07 Å². The van der Waals surface area contributed by atoms with Gasteiger partial charge in [-0.15, -0.1) is 0 Å². The largest absolute Gasteiger partial charge is 0.298 e. The smallest absolute Gasteiger partial charge is 0.281 e. The molecule has 9 heteroatoms. The molecule has 0 saturated carbocycles. The summed E-state index contributed by atoms with van der Waals surface area (Å²) in [6, 6.07) is 3.28. The van der Waals surface area contributed by atoms with E-state index >= 15 is 0 Å². The van der Waals surface area contributed by atoms with Crippen LogP contribution in [-0.2, 0) is 9.05 Å². The Labute approximate surface area is 99.8 Å². The van der Waals surface area contributed by atoms with Crippen molar-refractivity contribution in [3.05, 3.63) is 33.4 Å². The summed E-state index contributed by atoms with van der Waals surface area (Å²) in [5, 5.41) is 19.3. The van der Waals surface area contributed by atoms with E-state index in [0.29, 0.717) is 0 Å². The number of carbonyl (C=O) groups excluding carboxylic acids is 1. The molecule has 0 unspecified atom stereocenters. The monoisotopic (exact) mass is 274 g/mol. The van der Waals surface area contributed by atoms with E-state index in [1.54, 1.807) is 0 Å². The van der Waals surface area contributed by atoms with Crippen LogP contribution in [0.2, 0.25) is 0 Å². The number of nitro groups is 1. The van der Waals surface area contributed by atoms with Gasteiger partial charge in [-0.05, 0) is 6.07 Å². The van der Waals surface area contributed by atoms with Crippen LogP contribution in [-0.4, -0.2) is 19.6 Å². The molecule has 1 aromatic carbocycles. The highest BCUT2D eigenvalue weighted by atomic mass is 35.7. The van der Waals surface area contributed by atoms with Gasteiger partial charge >= 0.3 is 0 Å². The molecule has 0 radical (unpaired) electrons. The molecule has 1 rings (SSSR count). The molecule has 0 atom stereocenters. The van der Waals surface area contributed by atoms with E-state index in [0.717, 1.165) is 12.1 Å². The summed E-state index contributed by atoms with van der Waals surface area (Å²) >= 11 is 0. The topological polar surface area (TPSA) is 118 Å². The Morgan fingerprint density at radius 2 is 2.06 bits per heavy atom. The van der Waals surface area contributed by atoms with Crippen LogP contribution in [0.3, 0.4) is 0 Å². The quantitative estimate of drug-likeness (QED) is 0.354. The number of nitro benzene ring substituents is 1. The van der Waals surface area contributed by atoms with Crippen LogP contribution >= 0.6 is 10.7 Å². The first-order valence-electron chi connectivity index (χ1n) is 3.94. The molecule has 0 aromatic heterocycles. The minimum atomic E-state index is -4.43. The predicted octanol–water partition coefficient (Wildman–Crippen LogP) is 1.21. The van der Waals surface area contributed by atoms with E-state index in [4.69, 9.17) is 15.9 Å². The minimum absolute atomic E-state index is 0.0196. The van der Waals surface area contributed by atoms with Gasteiger partial charge in [-0.25, -0.2) is 8.42 Å². The first kappa shape index (κ1) is 13.1. The van der Waals surface area contributed by atoms with Gasteiger partial charge in [-0.1, -0.05) is 0 Å². The van der Waals surface area contributed by atoms with Crippen molar-refractivity contribution < 1.29 is 18.1 Å². The van der Waals surface area contributed by atoms with Gasteiger partial charge in [0.25, 0.3) is 14.7 Å². The average Bonchev–Trinajstić information content (AvgIpc) is 2.25. The van der Waals surface area contributed by atoms with Crippen molar-refractivity contribution in [2.24, 2.45) is 0 Å². The van der Waals surface area contributed by atoms with Crippen molar-refractivity contribution in [3.8, 4) is 6.07 Å². The highest BCUT2D eigenvalue weighted by molar-refractivity contribution is 8.13. The Morgan fingerprint density at radius 3 is 2.41 bits per heavy atom. The van der Waals surface area contributed by atoms with Crippen LogP contribution in [0.4, 0.5) is 5.69 Å². The molecule has 88 valence electrons. The van der Waals surface area contributed by atoms with E-state index in [2.05, 4.69) is 0 Å². The average molecular weight is 275 g/mol. The molecule has 0 fully saturated rings. The first-order chi connectivity index (χ1) is 7.82. The number of nitrogens with zero attached hydrogens (tertiary/aromatic N) is 2. The number of hydrogen-bond donors (Lipinski definition) is 0. The number of rotatable bonds is 3. The number of nitriles is 1. The molecule has 0 heterocycles. The zero-order valence-corrected chi connectivity index (χ0v) is 9.53. The number of benzene rings is 1. The van der Waals surface area contributed by atoms with Crippen LogP contribution in [0.1, 0.15) is 15.9 Å². The third-order valence-electron chi connectivity index (χ3n) is 1.85. The molecule has 0 aliphatic carbocycles. The van der Waals surface area contributed by atoms with Crippen molar-refractivity contribution in [2.45, 2.75) is 4.90 Å². The highest BCUT2D eigenvalue weighted by Gasteiger charge is 2.27. The normalized spacial score (nSPS) is 10.6. The molecule has 0 bridgehead atoms. The number of aldehydes is 1. The van der Waals surface area contributed by atoms with Gasteiger partial charge in [0.2, 0.25) is 0 Å². The predicted molar refractivity (Wildman–Crippen MR) is 56.2 cm³/mol. The molecule has 0 spiro atoms. The Balaban J connectivity index is 3.88. The molecule has 1 aromatic rings. The Bertz CT molecular complexity index is 647. The molecule has 0 aliphatic heterocycles. The summed E-state index contributed by atoms with van der Waals surface area (Å²) < 4.78 is 22.4. The lowest BCUT2D eigenvalue weighted by atomic mass is 10.1. The van der Waals surface area contributed by atoms with Gasteiger partial charge in [-0.3, -0.25) is 14.9 Å². The third kappa shape index (κ3) is 2.41. The molecule has 0 saturated heterocycles. The maximum Gasteiger partial charge on any atom is 0.281 e.